The van der Waals surface area contributed by atoms with E-state index in [1.54, 1.807) is 24.5 Å². The minimum atomic E-state index is -0.400. The van der Waals surface area contributed by atoms with Crippen molar-refractivity contribution in [1.82, 2.24) is 25.1 Å². The summed E-state index contributed by atoms with van der Waals surface area (Å²) in [4.78, 5) is 17.2. The Morgan fingerprint density at radius 1 is 1.09 bits per heavy atom. The van der Waals surface area contributed by atoms with Crippen LogP contribution in [0.4, 0.5) is 4.39 Å². The molecule has 2 unspecified atom stereocenters. The third-order valence-corrected chi connectivity index (χ3v) is 7.04. The van der Waals surface area contributed by atoms with Gasteiger partial charge in [0.05, 0.1) is 11.3 Å². The normalized spacial score (nSPS) is 16.0. The van der Waals surface area contributed by atoms with Crippen LogP contribution in [0.1, 0.15) is 36.9 Å². The number of hydrogen-bond acceptors (Lipinski definition) is 5. The minimum Gasteiger partial charge on any atom is -0.348 e. The molecule has 0 spiro atoms. The van der Waals surface area contributed by atoms with E-state index in [1.165, 1.54) is 35.0 Å². The fourth-order valence-electron chi connectivity index (χ4n) is 4.26. The lowest BCUT2D eigenvalue weighted by Crippen LogP contribution is -2.36. The van der Waals surface area contributed by atoms with Gasteiger partial charge in [-0.05, 0) is 73.7 Å². The number of carbonyl (C=O) groups is 1. The summed E-state index contributed by atoms with van der Waals surface area (Å²) in [5.41, 5.74) is 4.05. The SMILES string of the molecule is CC(Sc1nnc(-c2ccncc2)n1-c1ccc(F)cc1)C(=O)NC1CCCc2ccccc21. The first-order chi connectivity index (χ1) is 16.6. The Morgan fingerprint density at radius 3 is 2.65 bits per heavy atom. The molecule has 2 heterocycles. The van der Waals surface area contributed by atoms with Crippen LogP contribution in [0.5, 0.6) is 0 Å². The standard InChI is InChI=1S/C26H24FN5OS/c1-17(25(33)29-23-8-4-6-18-5-2-3-7-22(18)23)34-26-31-30-24(19-13-15-28-16-14-19)32(26)21-11-9-20(27)10-12-21/h2-3,5,7,9-17,23H,4,6,8H2,1H3,(H,29,33). The van der Waals surface area contributed by atoms with Crippen LogP contribution in [-0.4, -0.2) is 30.9 Å². The van der Waals surface area contributed by atoms with E-state index in [2.05, 4.69) is 32.6 Å². The van der Waals surface area contributed by atoms with Crippen molar-refractivity contribution < 1.29 is 9.18 Å². The minimum absolute atomic E-state index is 0.0165. The average Bonchev–Trinajstić information content (AvgIpc) is 3.28. The number of carbonyl (C=O) groups excluding carboxylic acids is 1. The maximum Gasteiger partial charge on any atom is 0.233 e. The number of aryl methyl sites for hydroxylation is 1. The lowest BCUT2D eigenvalue weighted by Gasteiger charge is -2.27. The van der Waals surface area contributed by atoms with Gasteiger partial charge in [-0.3, -0.25) is 14.3 Å². The second kappa shape index (κ2) is 9.77. The van der Waals surface area contributed by atoms with Gasteiger partial charge in [0.15, 0.2) is 11.0 Å². The predicted molar refractivity (Wildman–Crippen MR) is 130 cm³/mol. The van der Waals surface area contributed by atoms with Crippen LogP contribution in [0.2, 0.25) is 0 Å². The van der Waals surface area contributed by atoms with Gasteiger partial charge in [0.2, 0.25) is 5.91 Å². The van der Waals surface area contributed by atoms with Crippen LogP contribution in [-0.2, 0) is 11.2 Å². The molecule has 1 amide bonds. The van der Waals surface area contributed by atoms with E-state index in [4.69, 9.17) is 0 Å². The largest absolute Gasteiger partial charge is 0.348 e. The van der Waals surface area contributed by atoms with E-state index < -0.39 is 5.25 Å². The predicted octanol–water partition coefficient (Wildman–Crippen LogP) is 5.14. The zero-order valence-electron chi connectivity index (χ0n) is 18.7. The topological polar surface area (TPSA) is 72.7 Å². The van der Waals surface area contributed by atoms with Gasteiger partial charge < -0.3 is 5.32 Å². The Kier molecular flexibility index (Phi) is 6.40. The molecule has 0 aliphatic heterocycles. The number of aromatic nitrogens is 4. The highest BCUT2D eigenvalue weighted by atomic mass is 32.2. The fourth-order valence-corrected chi connectivity index (χ4v) is 5.14. The summed E-state index contributed by atoms with van der Waals surface area (Å²) < 4.78 is 15.4. The van der Waals surface area contributed by atoms with Gasteiger partial charge in [0, 0.05) is 23.6 Å². The first kappa shape index (κ1) is 22.3. The first-order valence-corrected chi connectivity index (χ1v) is 12.1. The Bertz CT molecular complexity index is 1290. The molecule has 0 radical (unpaired) electrons. The highest BCUT2D eigenvalue weighted by molar-refractivity contribution is 8.00. The number of pyridine rings is 1. The van der Waals surface area contributed by atoms with Crippen LogP contribution in [0.25, 0.3) is 17.1 Å². The summed E-state index contributed by atoms with van der Waals surface area (Å²) in [5, 5.41) is 12.1. The van der Waals surface area contributed by atoms with E-state index in [0.29, 0.717) is 11.0 Å². The zero-order valence-corrected chi connectivity index (χ0v) is 19.5. The van der Waals surface area contributed by atoms with Crippen LogP contribution >= 0.6 is 11.8 Å². The van der Waals surface area contributed by atoms with Gasteiger partial charge in [-0.1, -0.05) is 36.0 Å². The number of nitrogens with zero attached hydrogens (tertiary/aromatic N) is 4. The lowest BCUT2D eigenvalue weighted by molar-refractivity contribution is -0.121. The highest BCUT2D eigenvalue weighted by Crippen LogP contribution is 2.32. The Hall–Kier alpha value is -3.52. The number of nitrogens with one attached hydrogen (secondary N) is 1. The third-order valence-electron chi connectivity index (χ3n) is 5.99. The second-order valence-electron chi connectivity index (χ2n) is 8.27. The monoisotopic (exact) mass is 473 g/mol. The molecule has 1 aliphatic carbocycles. The highest BCUT2D eigenvalue weighted by Gasteiger charge is 2.26. The smallest absolute Gasteiger partial charge is 0.233 e. The van der Waals surface area contributed by atoms with E-state index in [1.807, 2.05) is 35.8 Å². The fraction of sp³-hybridized carbons (Fsp3) is 0.231. The second-order valence-corrected chi connectivity index (χ2v) is 9.57. The zero-order chi connectivity index (χ0) is 23.5. The maximum atomic E-state index is 13.6. The van der Waals surface area contributed by atoms with Crippen molar-refractivity contribution in [3.63, 3.8) is 0 Å². The molecule has 5 rings (SSSR count). The number of halogens is 1. The molecular formula is C26H24FN5OS. The molecule has 1 aliphatic rings. The molecule has 2 aromatic carbocycles. The van der Waals surface area contributed by atoms with Crippen molar-refractivity contribution in [2.45, 2.75) is 42.6 Å². The number of amides is 1. The molecule has 0 bridgehead atoms. The van der Waals surface area contributed by atoms with E-state index in [9.17, 15) is 9.18 Å². The number of benzene rings is 2. The molecule has 4 aromatic rings. The van der Waals surface area contributed by atoms with Gasteiger partial charge in [-0.2, -0.15) is 0 Å². The summed E-state index contributed by atoms with van der Waals surface area (Å²) in [5.74, 6) is 0.230. The lowest BCUT2D eigenvalue weighted by atomic mass is 9.88. The molecule has 0 saturated carbocycles. The molecule has 2 atom stereocenters. The van der Waals surface area contributed by atoms with Gasteiger partial charge >= 0.3 is 0 Å². The van der Waals surface area contributed by atoms with Crippen molar-refractivity contribution in [2.75, 3.05) is 0 Å². The number of hydrogen-bond donors (Lipinski definition) is 1. The summed E-state index contributed by atoms with van der Waals surface area (Å²) in [7, 11) is 0. The summed E-state index contributed by atoms with van der Waals surface area (Å²) in [6, 6.07) is 18.2. The van der Waals surface area contributed by atoms with Gasteiger partial charge in [0.1, 0.15) is 5.82 Å². The third kappa shape index (κ3) is 4.59. The molecule has 2 aromatic heterocycles. The van der Waals surface area contributed by atoms with Crippen molar-refractivity contribution in [3.8, 4) is 17.1 Å². The summed E-state index contributed by atoms with van der Waals surface area (Å²) in [6.07, 6.45) is 6.40. The molecule has 1 N–H and O–H groups in total. The Balaban J connectivity index is 1.40. The molecule has 0 fully saturated rings. The van der Waals surface area contributed by atoms with Crippen LogP contribution in [0.3, 0.4) is 0 Å². The molecular weight excluding hydrogens is 449 g/mol. The Labute approximate surface area is 201 Å². The van der Waals surface area contributed by atoms with Crippen molar-refractivity contribution in [2.24, 2.45) is 0 Å². The van der Waals surface area contributed by atoms with Crippen molar-refractivity contribution >= 4 is 17.7 Å². The molecule has 172 valence electrons. The van der Waals surface area contributed by atoms with Gasteiger partial charge in [-0.15, -0.1) is 10.2 Å². The van der Waals surface area contributed by atoms with Crippen molar-refractivity contribution in [1.29, 1.82) is 0 Å². The average molecular weight is 474 g/mol. The van der Waals surface area contributed by atoms with Crippen molar-refractivity contribution in [3.05, 3.63) is 90.0 Å². The number of fused-ring (bicyclic) bond motifs is 1. The van der Waals surface area contributed by atoms with Crippen LogP contribution in [0, 0.1) is 5.82 Å². The van der Waals surface area contributed by atoms with Gasteiger partial charge in [0.25, 0.3) is 0 Å². The summed E-state index contributed by atoms with van der Waals surface area (Å²) >= 11 is 1.33. The molecule has 0 saturated heterocycles. The Morgan fingerprint density at radius 2 is 1.85 bits per heavy atom. The van der Waals surface area contributed by atoms with E-state index >= 15 is 0 Å². The molecule has 34 heavy (non-hydrogen) atoms. The number of rotatable bonds is 6. The molecule has 6 nitrogen and oxygen atoms in total. The molecule has 8 heteroatoms. The van der Waals surface area contributed by atoms with Gasteiger partial charge in [-0.25, -0.2) is 4.39 Å². The van der Waals surface area contributed by atoms with E-state index in [-0.39, 0.29) is 17.8 Å². The van der Waals surface area contributed by atoms with E-state index in [0.717, 1.165) is 30.5 Å². The van der Waals surface area contributed by atoms with Crippen LogP contribution in [0.15, 0.2) is 78.2 Å². The quantitative estimate of drug-likeness (QED) is 0.393. The summed E-state index contributed by atoms with van der Waals surface area (Å²) in [6.45, 7) is 1.87. The van der Waals surface area contributed by atoms with Crippen LogP contribution < -0.4 is 5.32 Å². The number of thioether (sulfide) groups is 1. The first-order valence-electron chi connectivity index (χ1n) is 11.3. The maximum absolute atomic E-state index is 13.6.